The molecule has 33 heavy (non-hydrogen) atoms. The molecular weight excluding hydrogens is 458 g/mol. The third kappa shape index (κ3) is 5.68. The first-order chi connectivity index (χ1) is 16.0. The number of amides is 1. The number of nitrogens with zero attached hydrogens (tertiary/aromatic N) is 6. The van der Waals surface area contributed by atoms with Gasteiger partial charge in [0.25, 0.3) is 5.91 Å². The number of hydrogen-bond acceptors (Lipinski definition) is 6. The summed E-state index contributed by atoms with van der Waals surface area (Å²) in [7, 11) is 1.90. The minimum Gasteiger partial charge on any atom is -0.312 e. The number of thioether (sulfide) groups is 1. The van der Waals surface area contributed by atoms with Gasteiger partial charge in [0, 0.05) is 18.4 Å². The molecule has 2 aromatic heterocycles. The topological polar surface area (TPSA) is 90.0 Å². The highest BCUT2D eigenvalue weighted by atomic mass is 35.5. The highest BCUT2D eigenvalue weighted by molar-refractivity contribution is 7.98. The van der Waals surface area contributed by atoms with Crippen LogP contribution in [-0.2, 0) is 19.3 Å². The van der Waals surface area contributed by atoms with Crippen LogP contribution in [0.1, 0.15) is 32.7 Å². The summed E-state index contributed by atoms with van der Waals surface area (Å²) >= 11 is 8.07. The zero-order chi connectivity index (χ0) is 23.2. The van der Waals surface area contributed by atoms with E-state index in [0.29, 0.717) is 22.8 Å². The molecule has 0 spiro atoms. The van der Waals surface area contributed by atoms with E-state index < -0.39 is 0 Å². The van der Waals surface area contributed by atoms with E-state index in [1.54, 1.807) is 34.9 Å². The second kappa shape index (κ2) is 10.5. The first-order valence-corrected chi connectivity index (χ1v) is 11.5. The summed E-state index contributed by atoms with van der Waals surface area (Å²) in [6.07, 6.45) is 3.19. The van der Waals surface area contributed by atoms with Crippen molar-refractivity contribution in [2.24, 2.45) is 12.1 Å². The van der Waals surface area contributed by atoms with E-state index in [9.17, 15) is 4.79 Å². The molecule has 0 bridgehead atoms. The molecule has 0 aliphatic rings. The van der Waals surface area contributed by atoms with E-state index in [1.165, 1.54) is 6.21 Å². The fraction of sp³-hybridized carbons (Fsp3) is 0.174. The molecule has 0 radical (unpaired) electrons. The second-order valence-corrected chi connectivity index (χ2v) is 8.64. The zero-order valence-electron chi connectivity index (χ0n) is 18.1. The van der Waals surface area contributed by atoms with Crippen molar-refractivity contribution in [2.45, 2.75) is 24.4 Å². The van der Waals surface area contributed by atoms with E-state index in [1.807, 2.05) is 61.0 Å². The second-order valence-electron chi connectivity index (χ2n) is 7.34. The Labute approximate surface area is 200 Å². The number of hydrazone groups is 1. The normalized spacial score (nSPS) is 11.2. The standard InChI is InChI=1S/C23H22ClN7OS/c1-16-20(21(24)31(29-16)13-17-6-4-3-5-7-17)12-25-27-22(32)19-10-8-18(9-11-19)14-33-23-28-26-15-30(23)2/h3-12,15H,13-14H2,1-2H3,(H,27,32). The van der Waals surface area contributed by atoms with Gasteiger partial charge in [-0.2, -0.15) is 10.2 Å². The van der Waals surface area contributed by atoms with Gasteiger partial charge in [-0.05, 0) is 30.2 Å². The summed E-state index contributed by atoms with van der Waals surface area (Å²) in [5.74, 6) is 0.432. The zero-order valence-corrected chi connectivity index (χ0v) is 19.7. The molecule has 0 saturated heterocycles. The Bertz CT molecular complexity index is 1270. The predicted molar refractivity (Wildman–Crippen MR) is 130 cm³/mol. The van der Waals surface area contributed by atoms with Crippen LogP contribution in [-0.4, -0.2) is 36.7 Å². The highest BCUT2D eigenvalue weighted by Crippen LogP contribution is 2.21. The molecule has 4 aromatic rings. The molecule has 0 fully saturated rings. The van der Waals surface area contributed by atoms with Crippen LogP contribution in [0.3, 0.4) is 0 Å². The molecule has 0 aliphatic heterocycles. The monoisotopic (exact) mass is 479 g/mol. The number of carbonyl (C=O) groups is 1. The third-order valence-electron chi connectivity index (χ3n) is 4.90. The number of hydrogen-bond donors (Lipinski definition) is 1. The van der Waals surface area contributed by atoms with Crippen LogP contribution in [0.25, 0.3) is 0 Å². The maximum absolute atomic E-state index is 12.4. The molecule has 4 rings (SSSR count). The minimum atomic E-state index is -0.302. The van der Waals surface area contributed by atoms with Crippen LogP contribution < -0.4 is 5.43 Å². The van der Waals surface area contributed by atoms with Crippen LogP contribution in [0, 0.1) is 6.92 Å². The van der Waals surface area contributed by atoms with E-state index in [2.05, 4.69) is 25.8 Å². The molecule has 10 heteroatoms. The van der Waals surface area contributed by atoms with Gasteiger partial charge >= 0.3 is 0 Å². The lowest BCUT2D eigenvalue weighted by Crippen LogP contribution is -2.17. The Morgan fingerprint density at radius 2 is 1.91 bits per heavy atom. The lowest BCUT2D eigenvalue weighted by atomic mass is 10.1. The van der Waals surface area contributed by atoms with Gasteiger partial charge in [-0.15, -0.1) is 10.2 Å². The first kappa shape index (κ1) is 22.8. The maximum atomic E-state index is 12.4. The molecule has 2 aromatic carbocycles. The molecule has 8 nitrogen and oxygen atoms in total. The SMILES string of the molecule is Cc1nn(Cc2ccccc2)c(Cl)c1C=NNC(=O)c1ccc(CSc2nncn2C)cc1. The average Bonchev–Trinajstić information content (AvgIpc) is 3.35. The molecule has 168 valence electrons. The first-order valence-electron chi connectivity index (χ1n) is 10.2. The highest BCUT2D eigenvalue weighted by Gasteiger charge is 2.12. The molecule has 0 atom stereocenters. The van der Waals surface area contributed by atoms with Gasteiger partial charge in [0.2, 0.25) is 0 Å². The third-order valence-corrected chi connectivity index (χ3v) is 6.40. The van der Waals surface area contributed by atoms with Gasteiger partial charge in [-0.25, -0.2) is 10.1 Å². The maximum Gasteiger partial charge on any atom is 0.271 e. The van der Waals surface area contributed by atoms with Crippen molar-refractivity contribution in [1.82, 2.24) is 30.0 Å². The summed E-state index contributed by atoms with van der Waals surface area (Å²) in [4.78, 5) is 12.4. The van der Waals surface area contributed by atoms with Crippen LogP contribution in [0.5, 0.6) is 0 Å². The van der Waals surface area contributed by atoms with Crippen molar-refractivity contribution in [1.29, 1.82) is 0 Å². The Kier molecular flexibility index (Phi) is 7.21. The van der Waals surface area contributed by atoms with Gasteiger partial charge in [-0.1, -0.05) is 65.8 Å². The fourth-order valence-electron chi connectivity index (χ4n) is 3.10. The fourth-order valence-corrected chi connectivity index (χ4v) is 4.23. The Hall–Kier alpha value is -3.43. The van der Waals surface area contributed by atoms with Crippen molar-refractivity contribution in [2.75, 3.05) is 0 Å². The number of aromatic nitrogens is 5. The van der Waals surface area contributed by atoms with E-state index in [0.717, 1.165) is 27.7 Å². The minimum absolute atomic E-state index is 0.302. The van der Waals surface area contributed by atoms with Gasteiger partial charge in [0.15, 0.2) is 5.16 Å². The van der Waals surface area contributed by atoms with Crippen LogP contribution in [0.15, 0.2) is 71.2 Å². The average molecular weight is 480 g/mol. The predicted octanol–water partition coefficient (Wildman–Crippen LogP) is 4.08. The van der Waals surface area contributed by atoms with Crippen LogP contribution >= 0.6 is 23.4 Å². The Morgan fingerprint density at radius 3 is 2.61 bits per heavy atom. The van der Waals surface area contributed by atoms with Crippen molar-refractivity contribution in [3.63, 3.8) is 0 Å². The van der Waals surface area contributed by atoms with Crippen LogP contribution in [0.2, 0.25) is 5.15 Å². The molecule has 1 amide bonds. The molecule has 1 N–H and O–H groups in total. The molecule has 2 heterocycles. The van der Waals surface area contributed by atoms with E-state index in [-0.39, 0.29) is 5.91 Å². The smallest absolute Gasteiger partial charge is 0.271 e. The number of halogens is 1. The summed E-state index contributed by atoms with van der Waals surface area (Å²) in [6, 6.07) is 17.3. The summed E-state index contributed by atoms with van der Waals surface area (Å²) in [6.45, 7) is 2.41. The van der Waals surface area contributed by atoms with Crippen molar-refractivity contribution in [3.8, 4) is 0 Å². The number of benzene rings is 2. The summed E-state index contributed by atoms with van der Waals surface area (Å²) in [5.41, 5.74) is 6.65. The number of nitrogens with one attached hydrogen (secondary N) is 1. The number of aryl methyl sites for hydroxylation is 2. The quantitative estimate of drug-likeness (QED) is 0.233. The lowest BCUT2D eigenvalue weighted by Gasteiger charge is -2.04. The van der Waals surface area contributed by atoms with Crippen LogP contribution in [0.4, 0.5) is 0 Å². The van der Waals surface area contributed by atoms with Gasteiger partial charge in [-0.3, -0.25) is 4.79 Å². The Balaban J connectivity index is 1.34. The van der Waals surface area contributed by atoms with Crippen molar-refractivity contribution < 1.29 is 4.79 Å². The number of carbonyl (C=O) groups excluding carboxylic acids is 1. The largest absolute Gasteiger partial charge is 0.312 e. The molecular formula is C23H22ClN7OS. The van der Waals surface area contributed by atoms with E-state index in [4.69, 9.17) is 11.6 Å². The molecule has 0 unspecified atom stereocenters. The van der Waals surface area contributed by atoms with Gasteiger partial charge in [0.1, 0.15) is 11.5 Å². The summed E-state index contributed by atoms with van der Waals surface area (Å²) in [5, 5.41) is 17.8. The molecule has 0 aliphatic carbocycles. The van der Waals surface area contributed by atoms with Crippen molar-refractivity contribution >= 4 is 35.5 Å². The molecule has 0 saturated carbocycles. The summed E-state index contributed by atoms with van der Waals surface area (Å²) < 4.78 is 3.58. The van der Waals surface area contributed by atoms with Crippen molar-refractivity contribution in [3.05, 3.63) is 94.0 Å². The Morgan fingerprint density at radius 1 is 1.15 bits per heavy atom. The van der Waals surface area contributed by atoms with Gasteiger partial charge in [0.05, 0.1) is 24.0 Å². The number of rotatable bonds is 8. The van der Waals surface area contributed by atoms with Gasteiger partial charge < -0.3 is 4.57 Å². The lowest BCUT2D eigenvalue weighted by molar-refractivity contribution is 0.0955. The van der Waals surface area contributed by atoms with E-state index >= 15 is 0 Å².